The summed E-state index contributed by atoms with van der Waals surface area (Å²) < 4.78 is 0. The van der Waals surface area contributed by atoms with E-state index in [1.54, 1.807) is 0 Å². The van der Waals surface area contributed by atoms with Gasteiger partial charge in [0.2, 0.25) is 6.54 Å². The van der Waals surface area contributed by atoms with Crippen molar-refractivity contribution < 1.29 is 19.9 Å². The van der Waals surface area contributed by atoms with Crippen LogP contribution in [0.5, 0.6) is 0 Å². The lowest BCUT2D eigenvalue weighted by Crippen LogP contribution is -2.58. The number of aliphatic hydroxyl groups is 2. The van der Waals surface area contributed by atoms with E-state index >= 15 is 0 Å². The molecule has 4 aliphatic rings. The molecule has 2 N–H and O–H groups in total. The molecule has 4 aliphatic carbocycles. The molecular formula is C26H43NO5. The molecule has 182 valence electrons. The van der Waals surface area contributed by atoms with Crippen LogP contribution in [0.3, 0.4) is 0 Å². The highest BCUT2D eigenvalue weighted by molar-refractivity contribution is 5.78. The normalized spacial score (nSPS) is 46.6. The first-order valence-electron chi connectivity index (χ1n) is 13.1. The van der Waals surface area contributed by atoms with Gasteiger partial charge in [-0.05, 0) is 104 Å². The highest BCUT2D eigenvalue weighted by Gasteiger charge is 2.62. The molecule has 4 fully saturated rings. The van der Waals surface area contributed by atoms with Gasteiger partial charge < -0.3 is 10.2 Å². The molecule has 4 saturated carbocycles. The zero-order valence-corrected chi connectivity index (χ0v) is 20.2. The third-order valence-electron chi connectivity index (χ3n) is 10.9. The SMILES string of the molecule is CC(CCC(=O)CC[N+](=O)[O-])[C@H]1CCC2C3C(CCC21C)C1(C)CC[C@@H](O)CC1C[C@H]3O. The molecular weight excluding hydrogens is 406 g/mol. The molecule has 0 bridgehead atoms. The minimum Gasteiger partial charge on any atom is -0.393 e. The molecule has 10 atom stereocenters. The van der Waals surface area contributed by atoms with Gasteiger partial charge in [0.15, 0.2) is 0 Å². The first-order valence-corrected chi connectivity index (χ1v) is 13.1. The van der Waals surface area contributed by atoms with Crippen LogP contribution in [0.15, 0.2) is 0 Å². The molecule has 0 aliphatic heterocycles. The maximum absolute atomic E-state index is 12.1. The van der Waals surface area contributed by atoms with E-state index in [4.69, 9.17) is 0 Å². The van der Waals surface area contributed by atoms with Crippen molar-refractivity contribution in [1.82, 2.24) is 0 Å². The first kappa shape index (κ1) is 24.1. The van der Waals surface area contributed by atoms with Crippen molar-refractivity contribution in [2.45, 2.75) is 104 Å². The fourth-order valence-electron chi connectivity index (χ4n) is 9.11. The molecule has 0 amide bonds. The fourth-order valence-corrected chi connectivity index (χ4v) is 9.11. The summed E-state index contributed by atoms with van der Waals surface area (Å²) in [5, 5.41) is 32.1. The standard InChI is InChI=1S/C26H43NO5/c1-16(4-5-18(28)10-13-27(31)32)20-6-7-21-24-22(9-12-26(20,21)3)25(2)11-8-19(29)14-17(25)15-23(24)30/h16-17,19-24,29-30H,4-15H2,1-3H3/t16?,17?,19-,20-,21?,22?,23-,24?,25?,26?/m1/s1. The zero-order chi connectivity index (χ0) is 23.3. The number of hydrogen-bond acceptors (Lipinski definition) is 5. The van der Waals surface area contributed by atoms with E-state index in [2.05, 4.69) is 20.8 Å². The van der Waals surface area contributed by atoms with Crippen LogP contribution in [0.25, 0.3) is 0 Å². The number of carbonyl (C=O) groups is 1. The lowest BCUT2D eigenvalue weighted by atomic mass is 9.43. The van der Waals surface area contributed by atoms with Gasteiger partial charge in [0, 0.05) is 11.3 Å². The Morgan fingerprint density at radius 1 is 1.03 bits per heavy atom. The van der Waals surface area contributed by atoms with Crippen LogP contribution >= 0.6 is 0 Å². The molecule has 0 aromatic heterocycles. The van der Waals surface area contributed by atoms with Crippen molar-refractivity contribution >= 4 is 5.78 Å². The van der Waals surface area contributed by atoms with Gasteiger partial charge in [-0.2, -0.15) is 0 Å². The van der Waals surface area contributed by atoms with Crippen LogP contribution < -0.4 is 0 Å². The second kappa shape index (κ2) is 8.98. The minimum absolute atomic E-state index is 0.0121. The molecule has 0 aromatic rings. The molecule has 7 unspecified atom stereocenters. The molecule has 0 spiro atoms. The summed E-state index contributed by atoms with van der Waals surface area (Å²) in [6, 6.07) is 0. The summed E-state index contributed by atoms with van der Waals surface area (Å²) in [6.07, 6.45) is 9.23. The van der Waals surface area contributed by atoms with Gasteiger partial charge >= 0.3 is 0 Å². The van der Waals surface area contributed by atoms with E-state index in [0.29, 0.717) is 41.9 Å². The van der Waals surface area contributed by atoms with Crippen LogP contribution in [-0.2, 0) is 4.79 Å². The number of ketones is 1. The Kier molecular flexibility index (Phi) is 6.77. The largest absolute Gasteiger partial charge is 0.393 e. The molecule has 0 aromatic carbocycles. The average molecular weight is 450 g/mol. The maximum Gasteiger partial charge on any atom is 0.210 e. The Morgan fingerprint density at radius 3 is 2.44 bits per heavy atom. The number of fused-ring (bicyclic) bond motifs is 5. The highest BCUT2D eigenvalue weighted by atomic mass is 16.6. The first-order chi connectivity index (χ1) is 15.1. The average Bonchev–Trinajstić information content (AvgIpc) is 3.09. The minimum atomic E-state index is -0.407. The molecule has 0 heterocycles. The summed E-state index contributed by atoms with van der Waals surface area (Å²) in [4.78, 5) is 22.2. The van der Waals surface area contributed by atoms with Crippen molar-refractivity contribution in [3.05, 3.63) is 10.1 Å². The van der Waals surface area contributed by atoms with Crippen molar-refractivity contribution in [3.63, 3.8) is 0 Å². The second-order valence-electron chi connectivity index (χ2n) is 12.3. The van der Waals surface area contributed by atoms with Gasteiger partial charge in [0.05, 0.1) is 18.6 Å². The number of hydrogen-bond donors (Lipinski definition) is 2. The van der Waals surface area contributed by atoms with E-state index in [1.807, 2.05) is 0 Å². The van der Waals surface area contributed by atoms with Gasteiger partial charge in [0.25, 0.3) is 0 Å². The summed E-state index contributed by atoms with van der Waals surface area (Å²) >= 11 is 0. The van der Waals surface area contributed by atoms with Crippen LogP contribution in [0.2, 0.25) is 0 Å². The Bertz CT molecular complexity index is 727. The van der Waals surface area contributed by atoms with Crippen molar-refractivity contribution in [3.8, 4) is 0 Å². The number of nitrogens with zero attached hydrogens (tertiary/aromatic N) is 1. The molecule has 32 heavy (non-hydrogen) atoms. The van der Waals surface area contributed by atoms with Crippen LogP contribution in [-0.4, -0.2) is 39.7 Å². The van der Waals surface area contributed by atoms with Gasteiger partial charge in [-0.1, -0.05) is 20.8 Å². The fraction of sp³-hybridized carbons (Fsp3) is 0.962. The summed E-state index contributed by atoms with van der Waals surface area (Å²) in [5.74, 6) is 2.89. The zero-order valence-electron chi connectivity index (χ0n) is 20.2. The van der Waals surface area contributed by atoms with E-state index in [0.717, 1.165) is 32.1 Å². The predicted octanol–water partition coefficient (Wildman–Crippen LogP) is 4.63. The maximum atomic E-state index is 12.1. The molecule has 6 nitrogen and oxygen atoms in total. The van der Waals surface area contributed by atoms with Gasteiger partial charge in [0.1, 0.15) is 5.78 Å². The lowest BCUT2D eigenvalue weighted by Gasteiger charge is -2.62. The van der Waals surface area contributed by atoms with Crippen LogP contribution in [0, 0.1) is 56.5 Å². The Morgan fingerprint density at radius 2 is 1.72 bits per heavy atom. The smallest absolute Gasteiger partial charge is 0.210 e. The van der Waals surface area contributed by atoms with Gasteiger partial charge in [-0.25, -0.2) is 0 Å². The van der Waals surface area contributed by atoms with Gasteiger partial charge in [-0.3, -0.25) is 14.9 Å². The lowest BCUT2D eigenvalue weighted by molar-refractivity contribution is -0.478. The molecule has 0 radical (unpaired) electrons. The molecule has 4 rings (SSSR count). The monoisotopic (exact) mass is 449 g/mol. The second-order valence-corrected chi connectivity index (χ2v) is 12.3. The van der Waals surface area contributed by atoms with Crippen LogP contribution in [0.4, 0.5) is 0 Å². The number of Topliss-reactive ketones (excluding diaryl/α,β-unsaturated/α-hetero) is 1. The number of aliphatic hydroxyl groups excluding tert-OH is 2. The third-order valence-corrected chi connectivity index (χ3v) is 10.9. The van der Waals surface area contributed by atoms with Gasteiger partial charge in [-0.15, -0.1) is 0 Å². The van der Waals surface area contributed by atoms with Crippen LogP contribution in [0.1, 0.15) is 91.4 Å². The number of carbonyl (C=O) groups excluding carboxylic acids is 1. The van der Waals surface area contributed by atoms with Crippen molar-refractivity contribution in [2.75, 3.05) is 6.54 Å². The third kappa shape index (κ3) is 4.15. The quantitative estimate of drug-likeness (QED) is 0.436. The Balaban J connectivity index is 1.44. The highest BCUT2D eigenvalue weighted by Crippen LogP contribution is 2.68. The van der Waals surface area contributed by atoms with E-state index in [-0.39, 0.29) is 41.8 Å². The molecule has 0 saturated heterocycles. The summed E-state index contributed by atoms with van der Waals surface area (Å²) in [6.45, 7) is 6.90. The topological polar surface area (TPSA) is 101 Å². The Hall–Kier alpha value is -1.01. The van der Waals surface area contributed by atoms with E-state index in [9.17, 15) is 25.1 Å². The number of rotatable bonds is 7. The summed E-state index contributed by atoms with van der Waals surface area (Å²) in [7, 11) is 0. The summed E-state index contributed by atoms with van der Waals surface area (Å²) in [5.41, 5.74) is 0.459. The Labute approximate surface area is 192 Å². The number of nitro groups is 1. The van der Waals surface area contributed by atoms with Crippen molar-refractivity contribution in [2.24, 2.45) is 46.3 Å². The molecule has 6 heteroatoms. The van der Waals surface area contributed by atoms with Crippen molar-refractivity contribution in [1.29, 1.82) is 0 Å². The van der Waals surface area contributed by atoms with E-state index in [1.165, 1.54) is 25.7 Å². The van der Waals surface area contributed by atoms with E-state index < -0.39 is 4.92 Å². The predicted molar refractivity (Wildman–Crippen MR) is 122 cm³/mol.